The van der Waals surface area contributed by atoms with Crippen molar-refractivity contribution < 1.29 is 0 Å². The van der Waals surface area contributed by atoms with Crippen molar-refractivity contribution in [2.24, 2.45) is 0 Å². The van der Waals surface area contributed by atoms with Gasteiger partial charge in [0.25, 0.3) is 0 Å². The minimum absolute atomic E-state index is 0.696. The van der Waals surface area contributed by atoms with Gasteiger partial charge < -0.3 is 4.23 Å². The van der Waals surface area contributed by atoms with Gasteiger partial charge in [-0.1, -0.05) is 40.4 Å². The van der Waals surface area contributed by atoms with Crippen LogP contribution >= 0.6 is 0 Å². The molecule has 0 radical (unpaired) electrons. The number of anilines is 1. The highest BCUT2D eigenvalue weighted by molar-refractivity contribution is 7.00. The summed E-state index contributed by atoms with van der Waals surface area (Å²) >= 11 is 0. The minimum atomic E-state index is -1.61. The Morgan fingerprint density at radius 3 is 2.00 bits per heavy atom. The molecule has 2 heterocycles. The Balaban J connectivity index is 2.74. The highest BCUT2D eigenvalue weighted by atomic mass is 28.4. The maximum absolute atomic E-state index is 4.67. The molecule has 0 N–H and O–H groups in total. The van der Waals surface area contributed by atoms with E-state index in [1.54, 1.807) is 18.7 Å². The average molecular weight is 334 g/mol. The summed E-state index contributed by atoms with van der Waals surface area (Å²) in [5, 5.41) is 0. The fourth-order valence-electron chi connectivity index (χ4n) is 3.42. The van der Waals surface area contributed by atoms with Gasteiger partial charge in [-0.2, -0.15) is 0 Å². The zero-order chi connectivity index (χ0) is 16.4. The summed E-state index contributed by atoms with van der Waals surface area (Å²) < 4.78 is 2.71. The normalized spacial score (nSPS) is 12.6. The third kappa shape index (κ3) is 2.92. The quantitative estimate of drug-likeness (QED) is 0.746. The summed E-state index contributed by atoms with van der Waals surface area (Å²) in [4.78, 5) is 17.9. The first-order valence-electron chi connectivity index (χ1n) is 8.11. The second-order valence-corrected chi connectivity index (χ2v) is 17.0. The Kier molecular flexibility index (Phi) is 4.96. The number of hydrogen-bond donors (Lipinski definition) is 0. The molecule has 0 amide bonds. The van der Waals surface area contributed by atoms with Gasteiger partial charge in [0.2, 0.25) is 0 Å². The van der Waals surface area contributed by atoms with E-state index in [0.717, 1.165) is 11.3 Å². The van der Waals surface area contributed by atoms with Crippen molar-refractivity contribution in [2.75, 3.05) is 4.23 Å². The number of nitrogens with zero attached hydrogens (tertiary/aromatic N) is 5. The van der Waals surface area contributed by atoms with Crippen LogP contribution in [0.1, 0.15) is 20.8 Å². The molecule has 0 aliphatic rings. The predicted octanol–water partition coefficient (Wildman–Crippen LogP) is 4.07. The van der Waals surface area contributed by atoms with Gasteiger partial charge in [0, 0.05) is 12.4 Å². The second kappa shape index (κ2) is 6.41. The summed E-state index contributed by atoms with van der Waals surface area (Å²) in [5.74, 6) is 1.01. The maximum atomic E-state index is 4.67. The van der Waals surface area contributed by atoms with Crippen molar-refractivity contribution in [1.29, 1.82) is 0 Å². The van der Waals surface area contributed by atoms with Crippen molar-refractivity contribution in [3.8, 4) is 0 Å². The predicted molar refractivity (Wildman–Crippen MR) is 98.2 cm³/mol. The molecule has 0 aliphatic carbocycles. The highest BCUT2D eigenvalue weighted by Gasteiger charge is 2.43. The fourth-order valence-corrected chi connectivity index (χ4v) is 14.4. The van der Waals surface area contributed by atoms with E-state index in [9.17, 15) is 0 Å². The van der Waals surface area contributed by atoms with Crippen LogP contribution in [-0.4, -0.2) is 36.4 Å². The van der Waals surface area contributed by atoms with E-state index < -0.39 is 16.5 Å². The first-order chi connectivity index (χ1) is 10.4. The summed E-state index contributed by atoms with van der Waals surface area (Å²) in [6.07, 6.45) is 5.08. The van der Waals surface area contributed by atoms with Crippen LogP contribution < -0.4 is 4.23 Å². The van der Waals surface area contributed by atoms with Crippen molar-refractivity contribution >= 4 is 33.5 Å². The number of fused-ring (bicyclic) bond motifs is 1. The summed E-state index contributed by atoms with van der Waals surface area (Å²) in [7, 11) is -3.21. The van der Waals surface area contributed by atoms with Gasteiger partial charge in [-0.25, -0.2) is 19.9 Å². The SMILES string of the molecule is CC[Si](CC)(CC)N(c1ncnc2nccnc12)[Si](C)(C)C. The molecule has 0 aromatic carbocycles. The molecule has 2 rings (SSSR count). The first-order valence-corrected chi connectivity index (χ1v) is 14.1. The van der Waals surface area contributed by atoms with Crippen LogP contribution in [0.25, 0.3) is 11.2 Å². The Bertz CT molecular complexity index is 624. The van der Waals surface area contributed by atoms with Crippen molar-refractivity contribution in [1.82, 2.24) is 19.9 Å². The lowest BCUT2D eigenvalue weighted by Gasteiger charge is -2.49. The van der Waals surface area contributed by atoms with E-state index in [1.165, 1.54) is 18.1 Å². The van der Waals surface area contributed by atoms with Crippen LogP contribution in [-0.2, 0) is 0 Å². The molecule has 0 bridgehead atoms. The average Bonchev–Trinajstić information content (AvgIpc) is 2.51. The Labute approximate surface area is 135 Å². The van der Waals surface area contributed by atoms with Crippen LogP contribution in [0.4, 0.5) is 5.82 Å². The topological polar surface area (TPSA) is 54.8 Å². The van der Waals surface area contributed by atoms with Crippen LogP contribution in [0.2, 0.25) is 37.8 Å². The lowest BCUT2D eigenvalue weighted by molar-refractivity contribution is 1.07. The first kappa shape index (κ1) is 17.0. The lowest BCUT2D eigenvalue weighted by atomic mass is 10.5. The van der Waals surface area contributed by atoms with Gasteiger partial charge >= 0.3 is 0 Å². The van der Waals surface area contributed by atoms with Crippen LogP contribution in [0, 0.1) is 0 Å². The number of hydrogen-bond acceptors (Lipinski definition) is 5. The Hall–Kier alpha value is -1.35. The molecule has 22 heavy (non-hydrogen) atoms. The van der Waals surface area contributed by atoms with Crippen LogP contribution in [0.3, 0.4) is 0 Å². The smallest absolute Gasteiger partial charge is 0.183 e. The van der Waals surface area contributed by atoms with Crippen molar-refractivity contribution in [3.05, 3.63) is 18.7 Å². The number of aromatic nitrogens is 4. The Morgan fingerprint density at radius 1 is 0.864 bits per heavy atom. The third-order valence-electron chi connectivity index (χ3n) is 4.58. The van der Waals surface area contributed by atoms with E-state index in [-0.39, 0.29) is 0 Å². The van der Waals surface area contributed by atoms with Gasteiger partial charge in [0.1, 0.15) is 34.1 Å². The zero-order valence-electron chi connectivity index (χ0n) is 14.6. The molecule has 0 spiro atoms. The van der Waals surface area contributed by atoms with E-state index in [0.29, 0.717) is 5.65 Å². The molecule has 2 aromatic heterocycles. The molecule has 5 nitrogen and oxygen atoms in total. The van der Waals surface area contributed by atoms with E-state index >= 15 is 0 Å². The summed E-state index contributed by atoms with van der Waals surface area (Å²) in [6, 6.07) is 3.70. The monoisotopic (exact) mass is 333 g/mol. The lowest BCUT2D eigenvalue weighted by Crippen LogP contribution is -2.63. The largest absolute Gasteiger partial charge is 0.407 e. The van der Waals surface area contributed by atoms with Gasteiger partial charge in [-0.05, 0) is 18.1 Å². The Morgan fingerprint density at radius 2 is 1.45 bits per heavy atom. The number of rotatable bonds is 6. The molecule has 0 atom stereocenters. The minimum Gasteiger partial charge on any atom is -0.407 e. The molecule has 0 aliphatic heterocycles. The molecule has 0 fully saturated rings. The molecular weight excluding hydrogens is 306 g/mol. The highest BCUT2D eigenvalue weighted by Crippen LogP contribution is 2.36. The third-order valence-corrected chi connectivity index (χ3v) is 14.7. The summed E-state index contributed by atoms with van der Waals surface area (Å²) in [5.41, 5.74) is 1.54. The molecular formula is C15H27N5Si2. The van der Waals surface area contributed by atoms with Gasteiger partial charge in [-0.15, -0.1) is 0 Å². The van der Waals surface area contributed by atoms with Gasteiger partial charge in [0.05, 0.1) is 0 Å². The van der Waals surface area contributed by atoms with Gasteiger partial charge in [0.15, 0.2) is 5.65 Å². The summed E-state index contributed by atoms with van der Waals surface area (Å²) in [6.45, 7) is 14.2. The van der Waals surface area contributed by atoms with Crippen LogP contribution in [0.15, 0.2) is 18.7 Å². The fraction of sp³-hybridized carbons (Fsp3) is 0.600. The van der Waals surface area contributed by atoms with Crippen LogP contribution in [0.5, 0.6) is 0 Å². The standard InChI is InChI=1S/C15H27N5Si2/c1-7-22(8-2,9-3)20(21(4,5)6)15-13-14(18-12-19-15)17-11-10-16-13/h10-12H,7-9H2,1-6H3. The molecule has 2 aromatic rings. The van der Waals surface area contributed by atoms with Gasteiger partial charge in [-0.3, -0.25) is 0 Å². The van der Waals surface area contributed by atoms with E-state index in [4.69, 9.17) is 0 Å². The molecule has 0 saturated carbocycles. The zero-order valence-corrected chi connectivity index (χ0v) is 16.6. The molecule has 120 valence electrons. The molecule has 7 heteroatoms. The van der Waals surface area contributed by atoms with E-state index in [1.807, 2.05) is 0 Å². The van der Waals surface area contributed by atoms with E-state index in [2.05, 4.69) is 64.6 Å². The maximum Gasteiger partial charge on any atom is 0.183 e. The van der Waals surface area contributed by atoms with Crippen molar-refractivity contribution in [2.45, 2.75) is 58.5 Å². The second-order valence-electron chi connectivity index (χ2n) is 6.72. The molecule has 0 unspecified atom stereocenters. The van der Waals surface area contributed by atoms with Crippen molar-refractivity contribution in [3.63, 3.8) is 0 Å². The molecule has 0 saturated heterocycles.